The van der Waals surface area contributed by atoms with E-state index in [9.17, 15) is 4.79 Å². The van der Waals surface area contributed by atoms with Crippen LogP contribution in [-0.4, -0.2) is 55.0 Å². The van der Waals surface area contributed by atoms with Gasteiger partial charge in [0, 0.05) is 19.3 Å². The van der Waals surface area contributed by atoms with E-state index >= 15 is 0 Å². The van der Waals surface area contributed by atoms with Crippen molar-refractivity contribution in [1.82, 2.24) is 9.97 Å². The zero-order valence-corrected chi connectivity index (χ0v) is 12.6. The van der Waals surface area contributed by atoms with Gasteiger partial charge in [0.1, 0.15) is 6.29 Å². The van der Waals surface area contributed by atoms with Crippen molar-refractivity contribution in [3.05, 3.63) is 11.0 Å². The predicted molar refractivity (Wildman–Crippen MR) is 79.9 cm³/mol. The molecular formula is C14H15ClN4O3. The molecule has 0 amide bonds. The number of morpholine rings is 1. The SMILES string of the molecule is O=CC1C=NC2Oc3c(nc(Cl)nc3N3CCOCC3)C2C1. The molecule has 0 spiro atoms. The molecule has 1 aromatic rings. The molecule has 1 aromatic heterocycles. The summed E-state index contributed by atoms with van der Waals surface area (Å²) in [6.45, 7) is 2.76. The van der Waals surface area contributed by atoms with E-state index in [1.807, 2.05) is 0 Å². The summed E-state index contributed by atoms with van der Waals surface area (Å²) in [5.74, 6) is 1.10. The topological polar surface area (TPSA) is 76.9 Å². The summed E-state index contributed by atoms with van der Waals surface area (Å²) in [6, 6.07) is 0. The van der Waals surface area contributed by atoms with Crippen LogP contribution in [0.1, 0.15) is 18.0 Å². The first-order valence-electron chi connectivity index (χ1n) is 7.31. The number of nitrogens with zero attached hydrogens (tertiary/aromatic N) is 4. The van der Waals surface area contributed by atoms with Gasteiger partial charge in [0.25, 0.3) is 0 Å². The van der Waals surface area contributed by atoms with Gasteiger partial charge in [-0.1, -0.05) is 0 Å². The molecule has 4 heterocycles. The van der Waals surface area contributed by atoms with Gasteiger partial charge in [-0.2, -0.15) is 4.98 Å². The molecule has 3 atom stereocenters. The van der Waals surface area contributed by atoms with Gasteiger partial charge in [0.2, 0.25) is 5.28 Å². The molecule has 0 saturated carbocycles. The molecule has 3 aliphatic rings. The Kier molecular flexibility index (Phi) is 3.46. The Bertz CT molecular complexity index is 633. The molecule has 116 valence electrons. The highest BCUT2D eigenvalue weighted by Crippen LogP contribution is 2.47. The fraction of sp³-hybridized carbons (Fsp3) is 0.571. The molecule has 3 aliphatic heterocycles. The van der Waals surface area contributed by atoms with Crippen molar-refractivity contribution >= 4 is 29.9 Å². The van der Waals surface area contributed by atoms with Crippen LogP contribution in [-0.2, 0) is 9.53 Å². The van der Waals surface area contributed by atoms with Crippen LogP contribution in [0.4, 0.5) is 5.82 Å². The summed E-state index contributed by atoms with van der Waals surface area (Å²) in [4.78, 5) is 26.1. The third-order valence-corrected chi connectivity index (χ3v) is 4.39. The maximum atomic E-state index is 11.0. The molecule has 0 aromatic carbocycles. The number of hydrogen-bond donors (Lipinski definition) is 0. The lowest BCUT2D eigenvalue weighted by atomic mass is 9.90. The van der Waals surface area contributed by atoms with Crippen LogP contribution in [0.3, 0.4) is 0 Å². The highest BCUT2D eigenvalue weighted by atomic mass is 35.5. The summed E-state index contributed by atoms with van der Waals surface area (Å²) in [5.41, 5.74) is 0.759. The van der Waals surface area contributed by atoms with Crippen LogP contribution < -0.4 is 9.64 Å². The lowest BCUT2D eigenvalue weighted by molar-refractivity contribution is -0.109. The minimum absolute atomic E-state index is 0.0458. The number of rotatable bonds is 2. The Morgan fingerprint density at radius 1 is 1.32 bits per heavy atom. The molecule has 0 radical (unpaired) electrons. The molecule has 0 N–H and O–H groups in total. The highest BCUT2D eigenvalue weighted by Gasteiger charge is 2.42. The molecule has 0 bridgehead atoms. The van der Waals surface area contributed by atoms with E-state index < -0.39 is 0 Å². The van der Waals surface area contributed by atoms with Gasteiger partial charge in [-0.3, -0.25) is 4.99 Å². The van der Waals surface area contributed by atoms with E-state index in [-0.39, 0.29) is 23.3 Å². The predicted octanol–water partition coefficient (Wildman–Crippen LogP) is 1.06. The quantitative estimate of drug-likeness (QED) is 0.598. The van der Waals surface area contributed by atoms with Crippen LogP contribution in [0.25, 0.3) is 0 Å². The van der Waals surface area contributed by atoms with Crippen LogP contribution in [0, 0.1) is 5.92 Å². The summed E-state index contributed by atoms with van der Waals surface area (Å²) in [5, 5.41) is 0.196. The van der Waals surface area contributed by atoms with Crippen molar-refractivity contribution in [2.24, 2.45) is 10.9 Å². The first kappa shape index (κ1) is 13.9. The molecule has 8 heteroatoms. The van der Waals surface area contributed by atoms with Gasteiger partial charge in [0.05, 0.1) is 30.7 Å². The number of carbonyl (C=O) groups is 1. The Balaban J connectivity index is 1.73. The van der Waals surface area contributed by atoms with Crippen LogP contribution in [0.15, 0.2) is 4.99 Å². The van der Waals surface area contributed by atoms with Crippen LogP contribution in [0.5, 0.6) is 5.75 Å². The van der Waals surface area contributed by atoms with E-state index in [1.165, 1.54) is 0 Å². The average Bonchev–Trinajstić information content (AvgIpc) is 2.92. The smallest absolute Gasteiger partial charge is 0.224 e. The van der Waals surface area contributed by atoms with Gasteiger partial charge in [0.15, 0.2) is 17.8 Å². The van der Waals surface area contributed by atoms with Crippen molar-refractivity contribution in [1.29, 1.82) is 0 Å². The normalized spacial score (nSPS) is 29.7. The summed E-state index contributed by atoms with van der Waals surface area (Å²) in [6.07, 6.45) is 2.87. The number of aliphatic imine (C=N–C) groups is 1. The Morgan fingerprint density at radius 3 is 2.91 bits per heavy atom. The second-order valence-corrected chi connectivity index (χ2v) is 5.92. The standard InChI is InChI=1S/C14H15ClN4O3/c15-14-17-10-9-5-8(7-20)6-16-13(9)22-11(10)12(18-14)19-1-3-21-4-2-19/h6-9,13H,1-5H2. The first-order valence-corrected chi connectivity index (χ1v) is 7.69. The molecule has 4 rings (SSSR count). The number of carbonyl (C=O) groups excluding carboxylic acids is 1. The lowest BCUT2D eigenvalue weighted by Crippen LogP contribution is -2.37. The number of aromatic nitrogens is 2. The number of ether oxygens (including phenoxy) is 2. The number of halogens is 1. The fourth-order valence-electron chi connectivity index (χ4n) is 3.12. The van der Waals surface area contributed by atoms with Gasteiger partial charge < -0.3 is 19.2 Å². The first-order chi connectivity index (χ1) is 10.8. The van der Waals surface area contributed by atoms with Crippen molar-refractivity contribution in [2.75, 3.05) is 31.2 Å². The third-order valence-electron chi connectivity index (χ3n) is 4.22. The minimum Gasteiger partial charge on any atom is -0.462 e. The van der Waals surface area contributed by atoms with Gasteiger partial charge in [-0.15, -0.1) is 0 Å². The van der Waals surface area contributed by atoms with Gasteiger partial charge in [-0.05, 0) is 18.0 Å². The van der Waals surface area contributed by atoms with Gasteiger partial charge in [-0.25, -0.2) is 4.98 Å². The van der Waals surface area contributed by atoms with Crippen molar-refractivity contribution in [3.63, 3.8) is 0 Å². The Labute approximate surface area is 132 Å². The third kappa shape index (κ3) is 2.24. The molecule has 1 saturated heterocycles. The minimum atomic E-state index is -0.334. The molecular weight excluding hydrogens is 308 g/mol. The van der Waals surface area contributed by atoms with E-state index in [0.29, 0.717) is 31.2 Å². The number of fused-ring (bicyclic) bond motifs is 3. The maximum absolute atomic E-state index is 11.0. The number of aldehydes is 1. The molecule has 22 heavy (non-hydrogen) atoms. The maximum Gasteiger partial charge on any atom is 0.224 e. The molecule has 3 unspecified atom stereocenters. The molecule has 0 aliphatic carbocycles. The van der Waals surface area contributed by atoms with Gasteiger partial charge >= 0.3 is 0 Å². The highest BCUT2D eigenvalue weighted by molar-refractivity contribution is 6.28. The van der Waals surface area contributed by atoms with Crippen molar-refractivity contribution < 1.29 is 14.3 Å². The second kappa shape index (κ2) is 5.48. The summed E-state index contributed by atoms with van der Waals surface area (Å²) >= 11 is 6.11. The van der Waals surface area contributed by atoms with E-state index in [4.69, 9.17) is 21.1 Å². The van der Waals surface area contributed by atoms with E-state index in [1.54, 1.807) is 6.21 Å². The monoisotopic (exact) mass is 322 g/mol. The van der Waals surface area contributed by atoms with Crippen LogP contribution >= 0.6 is 11.6 Å². The van der Waals surface area contributed by atoms with E-state index in [0.717, 1.165) is 25.1 Å². The summed E-state index contributed by atoms with van der Waals surface area (Å²) in [7, 11) is 0. The lowest BCUT2D eigenvalue weighted by Gasteiger charge is -2.28. The van der Waals surface area contributed by atoms with E-state index in [2.05, 4.69) is 19.9 Å². The Hall–Kier alpha value is -1.73. The molecule has 7 nitrogen and oxygen atoms in total. The average molecular weight is 323 g/mol. The molecule has 1 fully saturated rings. The van der Waals surface area contributed by atoms with Crippen molar-refractivity contribution in [2.45, 2.75) is 18.6 Å². The zero-order valence-electron chi connectivity index (χ0n) is 11.8. The fourth-order valence-corrected chi connectivity index (χ4v) is 3.29. The summed E-state index contributed by atoms with van der Waals surface area (Å²) < 4.78 is 11.3. The Morgan fingerprint density at radius 2 is 2.14 bits per heavy atom. The largest absolute Gasteiger partial charge is 0.462 e. The van der Waals surface area contributed by atoms with Crippen LogP contribution in [0.2, 0.25) is 5.28 Å². The second-order valence-electron chi connectivity index (χ2n) is 5.58. The van der Waals surface area contributed by atoms with Crippen molar-refractivity contribution in [3.8, 4) is 5.75 Å². The number of hydrogen-bond acceptors (Lipinski definition) is 7. The zero-order chi connectivity index (χ0) is 15.1. The number of anilines is 1.